The normalized spacial score (nSPS) is 10.2. The lowest BCUT2D eigenvalue weighted by Gasteiger charge is -1.99. The average Bonchev–Trinajstić information content (AvgIpc) is 2.78. The smallest absolute Gasteiger partial charge is 0.168 e. The lowest BCUT2D eigenvalue weighted by atomic mass is 10.1. The largest absolute Gasteiger partial charge is 0.453 e. The number of ketones is 1. The molecule has 4 nitrogen and oxygen atoms in total. The van der Waals surface area contributed by atoms with Crippen LogP contribution in [0.2, 0.25) is 0 Å². The van der Waals surface area contributed by atoms with Crippen molar-refractivity contribution in [3.63, 3.8) is 0 Å². The molecule has 86 valence electrons. The van der Waals surface area contributed by atoms with Crippen LogP contribution in [0.15, 0.2) is 40.8 Å². The second kappa shape index (κ2) is 4.25. The van der Waals surface area contributed by atoms with Gasteiger partial charge < -0.3 is 10.2 Å². The Morgan fingerprint density at radius 1 is 1.18 bits per heavy atom. The maximum Gasteiger partial charge on any atom is 0.168 e. The summed E-state index contributed by atoms with van der Waals surface area (Å²) in [5.41, 5.74) is 6.82. The van der Waals surface area contributed by atoms with Crippen molar-refractivity contribution in [3.8, 4) is 11.3 Å². The van der Waals surface area contributed by atoms with Crippen molar-refractivity contribution in [1.82, 2.24) is 0 Å². The highest BCUT2D eigenvalue weighted by Gasteiger charge is 2.07. The van der Waals surface area contributed by atoms with Crippen LogP contribution in [0.3, 0.4) is 0 Å². The lowest BCUT2D eigenvalue weighted by Crippen LogP contribution is -2.09. The van der Waals surface area contributed by atoms with E-state index in [2.05, 4.69) is 0 Å². The standard InChI is InChI=1S/C13H12N2O2/c1-8(16)9-2-4-10(5-3-9)11-6-7-12(17-11)13(14)15/h2-7H,1H3,(H3,14,15). The molecule has 0 aliphatic carbocycles. The van der Waals surface area contributed by atoms with Crippen LogP contribution >= 0.6 is 0 Å². The Bertz CT molecular complexity index is 567. The number of nitrogen functional groups attached to an aromatic ring is 1. The SMILES string of the molecule is CC(=O)c1ccc(-c2ccc(C(=N)N)o2)cc1. The van der Waals surface area contributed by atoms with Gasteiger partial charge in [0.05, 0.1) is 0 Å². The van der Waals surface area contributed by atoms with Crippen molar-refractivity contribution in [1.29, 1.82) is 5.41 Å². The number of benzene rings is 1. The van der Waals surface area contributed by atoms with Crippen LogP contribution < -0.4 is 5.73 Å². The van der Waals surface area contributed by atoms with E-state index < -0.39 is 0 Å². The zero-order valence-electron chi connectivity index (χ0n) is 9.36. The van der Waals surface area contributed by atoms with E-state index in [-0.39, 0.29) is 11.6 Å². The molecule has 2 rings (SSSR count). The second-order valence-corrected chi connectivity index (χ2v) is 3.71. The van der Waals surface area contributed by atoms with Crippen molar-refractivity contribution in [2.75, 3.05) is 0 Å². The molecule has 3 N–H and O–H groups in total. The predicted octanol–water partition coefficient (Wildman–Crippen LogP) is 2.43. The van der Waals surface area contributed by atoms with Crippen LogP contribution in [0.4, 0.5) is 0 Å². The van der Waals surface area contributed by atoms with Crippen LogP contribution in [-0.2, 0) is 0 Å². The summed E-state index contributed by atoms with van der Waals surface area (Å²) in [7, 11) is 0. The molecular formula is C13H12N2O2. The van der Waals surface area contributed by atoms with E-state index in [0.717, 1.165) is 5.56 Å². The molecule has 0 radical (unpaired) electrons. The minimum absolute atomic E-state index is 0.0282. The molecule has 17 heavy (non-hydrogen) atoms. The number of nitrogens with two attached hydrogens (primary N) is 1. The first-order valence-electron chi connectivity index (χ1n) is 5.13. The summed E-state index contributed by atoms with van der Waals surface area (Å²) in [4.78, 5) is 11.1. The van der Waals surface area contributed by atoms with Gasteiger partial charge in [-0.2, -0.15) is 0 Å². The molecule has 0 unspecified atom stereocenters. The van der Waals surface area contributed by atoms with Gasteiger partial charge >= 0.3 is 0 Å². The highest BCUT2D eigenvalue weighted by atomic mass is 16.3. The van der Waals surface area contributed by atoms with Gasteiger partial charge in [-0.1, -0.05) is 24.3 Å². The molecule has 2 aromatic rings. The van der Waals surface area contributed by atoms with Gasteiger partial charge in [-0.15, -0.1) is 0 Å². The summed E-state index contributed by atoms with van der Waals surface area (Å²) in [6.45, 7) is 1.52. The number of amidine groups is 1. The lowest BCUT2D eigenvalue weighted by molar-refractivity contribution is 0.101. The minimum Gasteiger partial charge on any atom is -0.453 e. The van der Waals surface area contributed by atoms with E-state index >= 15 is 0 Å². The topological polar surface area (TPSA) is 80.1 Å². The molecule has 0 aliphatic heterocycles. The zero-order chi connectivity index (χ0) is 12.4. The summed E-state index contributed by atoms with van der Waals surface area (Å²) in [6, 6.07) is 10.5. The van der Waals surface area contributed by atoms with Crippen molar-refractivity contribution >= 4 is 11.6 Å². The second-order valence-electron chi connectivity index (χ2n) is 3.71. The zero-order valence-corrected chi connectivity index (χ0v) is 9.36. The summed E-state index contributed by atoms with van der Waals surface area (Å²) in [5.74, 6) is 0.901. The van der Waals surface area contributed by atoms with Crippen molar-refractivity contribution in [2.45, 2.75) is 6.92 Å². The molecule has 0 spiro atoms. The van der Waals surface area contributed by atoms with E-state index in [1.165, 1.54) is 6.92 Å². The Balaban J connectivity index is 2.33. The summed E-state index contributed by atoms with van der Waals surface area (Å²) < 4.78 is 5.40. The third kappa shape index (κ3) is 2.25. The summed E-state index contributed by atoms with van der Waals surface area (Å²) in [6.07, 6.45) is 0. The molecule has 4 heteroatoms. The number of hydrogen-bond donors (Lipinski definition) is 2. The third-order valence-corrected chi connectivity index (χ3v) is 2.45. The van der Waals surface area contributed by atoms with Gasteiger partial charge in [0.1, 0.15) is 5.76 Å². The van der Waals surface area contributed by atoms with E-state index in [4.69, 9.17) is 15.6 Å². The van der Waals surface area contributed by atoms with Gasteiger partial charge in [-0.05, 0) is 19.1 Å². The number of nitrogens with one attached hydrogen (secondary N) is 1. The highest BCUT2D eigenvalue weighted by Crippen LogP contribution is 2.22. The number of carbonyl (C=O) groups is 1. The first-order chi connectivity index (χ1) is 8.08. The van der Waals surface area contributed by atoms with Gasteiger partial charge in [0.15, 0.2) is 17.4 Å². The van der Waals surface area contributed by atoms with Crippen LogP contribution in [0, 0.1) is 5.41 Å². The molecule has 0 atom stereocenters. The number of rotatable bonds is 3. The fourth-order valence-corrected chi connectivity index (χ4v) is 1.51. The van der Waals surface area contributed by atoms with Gasteiger partial charge in [0.25, 0.3) is 0 Å². The van der Waals surface area contributed by atoms with Crippen LogP contribution in [0.1, 0.15) is 23.0 Å². The predicted molar refractivity (Wildman–Crippen MR) is 65.2 cm³/mol. The first-order valence-corrected chi connectivity index (χ1v) is 5.13. The van der Waals surface area contributed by atoms with Gasteiger partial charge in [-0.25, -0.2) is 0 Å². The Morgan fingerprint density at radius 2 is 1.82 bits per heavy atom. The summed E-state index contributed by atoms with van der Waals surface area (Å²) >= 11 is 0. The molecule has 0 fully saturated rings. The fourth-order valence-electron chi connectivity index (χ4n) is 1.51. The third-order valence-electron chi connectivity index (χ3n) is 2.45. The number of hydrogen-bond acceptors (Lipinski definition) is 3. The Hall–Kier alpha value is -2.36. The van der Waals surface area contributed by atoms with E-state index in [1.54, 1.807) is 36.4 Å². The number of Topliss-reactive ketones (excluding diaryl/α,β-unsaturated/α-hetero) is 1. The van der Waals surface area contributed by atoms with Crippen LogP contribution in [-0.4, -0.2) is 11.6 Å². The molecule has 1 heterocycles. The van der Waals surface area contributed by atoms with Crippen molar-refractivity contribution in [2.24, 2.45) is 5.73 Å². The molecule has 0 saturated carbocycles. The van der Waals surface area contributed by atoms with Crippen molar-refractivity contribution in [3.05, 3.63) is 47.7 Å². The molecule has 0 bridgehead atoms. The van der Waals surface area contributed by atoms with Crippen LogP contribution in [0.25, 0.3) is 11.3 Å². The maximum absolute atomic E-state index is 11.1. The molecule has 1 aromatic carbocycles. The number of furan rings is 1. The van der Waals surface area contributed by atoms with E-state index in [0.29, 0.717) is 17.1 Å². The minimum atomic E-state index is -0.100. The van der Waals surface area contributed by atoms with Gasteiger partial charge in [0.2, 0.25) is 0 Å². The average molecular weight is 228 g/mol. The Labute approximate surface area is 98.6 Å². The van der Waals surface area contributed by atoms with Gasteiger partial charge in [0, 0.05) is 11.1 Å². The van der Waals surface area contributed by atoms with Gasteiger partial charge in [-0.3, -0.25) is 10.2 Å². The van der Waals surface area contributed by atoms with E-state index in [1.807, 2.05) is 0 Å². The van der Waals surface area contributed by atoms with E-state index in [9.17, 15) is 4.79 Å². The molecule has 0 saturated heterocycles. The Kier molecular flexibility index (Phi) is 2.78. The first kappa shape index (κ1) is 11.1. The quantitative estimate of drug-likeness (QED) is 0.481. The molecule has 0 amide bonds. The van der Waals surface area contributed by atoms with Crippen LogP contribution in [0.5, 0.6) is 0 Å². The molecule has 1 aromatic heterocycles. The molecule has 0 aliphatic rings. The highest BCUT2D eigenvalue weighted by molar-refractivity contribution is 5.94. The maximum atomic E-state index is 11.1. The Morgan fingerprint density at radius 3 is 2.29 bits per heavy atom. The fraction of sp³-hybridized carbons (Fsp3) is 0.0769. The van der Waals surface area contributed by atoms with Crippen molar-refractivity contribution < 1.29 is 9.21 Å². The monoisotopic (exact) mass is 228 g/mol. The molecular weight excluding hydrogens is 216 g/mol. The summed E-state index contributed by atoms with van der Waals surface area (Å²) in [5, 5.41) is 7.24. The number of carbonyl (C=O) groups excluding carboxylic acids is 1.